The molecule has 1 aromatic rings. The standard InChI is InChI=1S/C18H31NO/c1-6-14-19-17(18(8-3,9-4)20-5)16-12-10-15(7-2)11-13-16/h10-13,17,19H,6-9,14H2,1-5H3. The summed E-state index contributed by atoms with van der Waals surface area (Å²) in [6.45, 7) is 9.85. The molecular formula is C18H31NO. The minimum atomic E-state index is -0.122. The Hall–Kier alpha value is -0.860. The van der Waals surface area contributed by atoms with Gasteiger partial charge in [-0.1, -0.05) is 52.0 Å². The van der Waals surface area contributed by atoms with Gasteiger partial charge in [-0.05, 0) is 43.4 Å². The second kappa shape index (κ2) is 8.43. The summed E-state index contributed by atoms with van der Waals surface area (Å²) in [5.74, 6) is 0. The summed E-state index contributed by atoms with van der Waals surface area (Å²) in [4.78, 5) is 0. The molecule has 2 nitrogen and oxygen atoms in total. The molecule has 1 rings (SSSR count). The zero-order valence-electron chi connectivity index (χ0n) is 13.8. The van der Waals surface area contributed by atoms with Gasteiger partial charge >= 0.3 is 0 Å². The Labute approximate surface area is 124 Å². The molecule has 0 aliphatic carbocycles. The molecule has 0 saturated heterocycles. The van der Waals surface area contributed by atoms with Crippen molar-refractivity contribution in [3.05, 3.63) is 35.4 Å². The van der Waals surface area contributed by atoms with E-state index in [0.29, 0.717) is 0 Å². The Morgan fingerprint density at radius 1 is 1.05 bits per heavy atom. The second-order valence-electron chi connectivity index (χ2n) is 5.46. The maximum Gasteiger partial charge on any atom is 0.0867 e. The smallest absolute Gasteiger partial charge is 0.0867 e. The van der Waals surface area contributed by atoms with Gasteiger partial charge in [0.15, 0.2) is 0 Å². The van der Waals surface area contributed by atoms with E-state index in [-0.39, 0.29) is 11.6 Å². The van der Waals surface area contributed by atoms with Crippen LogP contribution in [-0.4, -0.2) is 19.3 Å². The lowest BCUT2D eigenvalue weighted by Crippen LogP contribution is -2.45. The van der Waals surface area contributed by atoms with E-state index in [1.807, 2.05) is 7.11 Å². The number of nitrogens with one attached hydrogen (secondary N) is 1. The predicted molar refractivity (Wildman–Crippen MR) is 87.2 cm³/mol. The van der Waals surface area contributed by atoms with E-state index in [4.69, 9.17) is 4.74 Å². The molecule has 0 aromatic heterocycles. The van der Waals surface area contributed by atoms with Crippen molar-refractivity contribution in [1.29, 1.82) is 0 Å². The highest BCUT2D eigenvalue weighted by Crippen LogP contribution is 2.35. The minimum absolute atomic E-state index is 0.122. The van der Waals surface area contributed by atoms with E-state index in [1.165, 1.54) is 11.1 Å². The summed E-state index contributed by atoms with van der Waals surface area (Å²) in [5, 5.41) is 3.69. The van der Waals surface area contributed by atoms with E-state index in [1.54, 1.807) is 0 Å². The molecule has 1 atom stereocenters. The Morgan fingerprint density at radius 3 is 2.05 bits per heavy atom. The van der Waals surface area contributed by atoms with Crippen molar-refractivity contribution in [2.75, 3.05) is 13.7 Å². The third-order valence-electron chi connectivity index (χ3n) is 4.45. The maximum atomic E-state index is 5.94. The van der Waals surface area contributed by atoms with Crippen molar-refractivity contribution >= 4 is 0 Å². The Bertz CT molecular complexity index is 359. The zero-order chi connectivity index (χ0) is 15.0. The van der Waals surface area contributed by atoms with Crippen LogP contribution >= 0.6 is 0 Å². The van der Waals surface area contributed by atoms with Gasteiger partial charge in [0.1, 0.15) is 0 Å². The van der Waals surface area contributed by atoms with E-state index in [9.17, 15) is 0 Å². The fraction of sp³-hybridized carbons (Fsp3) is 0.667. The van der Waals surface area contributed by atoms with Crippen LogP contribution in [0.2, 0.25) is 0 Å². The highest BCUT2D eigenvalue weighted by molar-refractivity contribution is 5.27. The van der Waals surface area contributed by atoms with E-state index >= 15 is 0 Å². The summed E-state index contributed by atoms with van der Waals surface area (Å²) in [6, 6.07) is 9.24. The quantitative estimate of drug-likeness (QED) is 0.718. The lowest BCUT2D eigenvalue weighted by molar-refractivity contribution is -0.0485. The first-order chi connectivity index (χ1) is 9.67. The number of methoxy groups -OCH3 is 1. The molecule has 0 aliphatic rings. The van der Waals surface area contributed by atoms with Crippen LogP contribution in [0.1, 0.15) is 64.1 Å². The fourth-order valence-corrected chi connectivity index (χ4v) is 2.91. The van der Waals surface area contributed by atoms with Gasteiger partial charge in [-0.15, -0.1) is 0 Å². The molecule has 0 spiro atoms. The first-order valence-electron chi connectivity index (χ1n) is 8.04. The van der Waals surface area contributed by atoms with Gasteiger partial charge in [-0.25, -0.2) is 0 Å². The van der Waals surface area contributed by atoms with Gasteiger partial charge in [0.25, 0.3) is 0 Å². The molecule has 0 bridgehead atoms. The Morgan fingerprint density at radius 2 is 1.65 bits per heavy atom. The van der Waals surface area contributed by atoms with Crippen LogP contribution in [0.15, 0.2) is 24.3 Å². The average molecular weight is 277 g/mol. The topological polar surface area (TPSA) is 21.3 Å². The normalized spacial score (nSPS) is 13.4. The number of rotatable bonds is 9. The first-order valence-corrected chi connectivity index (χ1v) is 8.04. The Balaban J connectivity index is 3.08. The molecule has 0 fully saturated rings. The molecule has 114 valence electrons. The summed E-state index contributed by atoms with van der Waals surface area (Å²) in [7, 11) is 1.84. The van der Waals surface area contributed by atoms with Crippen LogP contribution < -0.4 is 5.32 Å². The molecule has 2 heteroatoms. The lowest BCUT2D eigenvalue weighted by atomic mass is 9.83. The molecule has 0 radical (unpaired) electrons. The summed E-state index contributed by atoms with van der Waals surface area (Å²) in [5.41, 5.74) is 2.60. The third-order valence-corrected chi connectivity index (χ3v) is 4.45. The molecule has 1 aromatic carbocycles. The largest absolute Gasteiger partial charge is 0.376 e. The number of benzene rings is 1. The zero-order valence-corrected chi connectivity index (χ0v) is 13.8. The van der Waals surface area contributed by atoms with Gasteiger partial charge < -0.3 is 10.1 Å². The minimum Gasteiger partial charge on any atom is -0.376 e. The molecule has 0 saturated carbocycles. The van der Waals surface area contributed by atoms with Crippen molar-refractivity contribution in [3.63, 3.8) is 0 Å². The van der Waals surface area contributed by atoms with Crippen LogP contribution in [-0.2, 0) is 11.2 Å². The highest BCUT2D eigenvalue weighted by Gasteiger charge is 2.36. The van der Waals surface area contributed by atoms with Crippen molar-refractivity contribution in [2.45, 2.75) is 65.0 Å². The van der Waals surface area contributed by atoms with Crippen molar-refractivity contribution in [2.24, 2.45) is 0 Å². The average Bonchev–Trinajstić information content (AvgIpc) is 2.52. The van der Waals surface area contributed by atoms with E-state index < -0.39 is 0 Å². The van der Waals surface area contributed by atoms with Gasteiger partial charge in [0.05, 0.1) is 11.6 Å². The molecule has 0 heterocycles. The molecule has 1 N–H and O–H groups in total. The van der Waals surface area contributed by atoms with Gasteiger partial charge in [0.2, 0.25) is 0 Å². The third kappa shape index (κ3) is 3.83. The van der Waals surface area contributed by atoms with Crippen LogP contribution in [0.25, 0.3) is 0 Å². The first kappa shape index (κ1) is 17.2. The SMILES string of the molecule is CCCNC(c1ccc(CC)cc1)C(CC)(CC)OC. The summed E-state index contributed by atoms with van der Waals surface area (Å²) < 4.78 is 5.94. The Kier molecular flexibility index (Phi) is 7.25. The number of ether oxygens (including phenoxy) is 1. The number of aryl methyl sites for hydroxylation is 1. The number of hydrogen-bond donors (Lipinski definition) is 1. The maximum absolute atomic E-state index is 5.94. The molecular weight excluding hydrogens is 246 g/mol. The van der Waals surface area contributed by atoms with Crippen LogP contribution in [0.3, 0.4) is 0 Å². The van der Waals surface area contributed by atoms with Crippen molar-refractivity contribution < 1.29 is 4.74 Å². The van der Waals surface area contributed by atoms with Gasteiger partial charge in [-0.3, -0.25) is 0 Å². The predicted octanol–water partition coefficient (Wildman–Crippen LogP) is 4.49. The van der Waals surface area contributed by atoms with E-state index in [0.717, 1.165) is 32.2 Å². The highest BCUT2D eigenvalue weighted by atomic mass is 16.5. The van der Waals surface area contributed by atoms with Crippen molar-refractivity contribution in [1.82, 2.24) is 5.32 Å². The molecule has 0 amide bonds. The molecule has 20 heavy (non-hydrogen) atoms. The van der Waals surface area contributed by atoms with Gasteiger partial charge in [0, 0.05) is 7.11 Å². The fourth-order valence-electron chi connectivity index (χ4n) is 2.91. The lowest BCUT2D eigenvalue weighted by Gasteiger charge is -2.39. The van der Waals surface area contributed by atoms with Gasteiger partial charge in [-0.2, -0.15) is 0 Å². The second-order valence-corrected chi connectivity index (χ2v) is 5.46. The molecule has 1 unspecified atom stereocenters. The van der Waals surface area contributed by atoms with Crippen molar-refractivity contribution in [3.8, 4) is 0 Å². The summed E-state index contributed by atoms with van der Waals surface area (Å²) in [6.07, 6.45) is 4.24. The van der Waals surface area contributed by atoms with Crippen LogP contribution in [0.5, 0.6) is 0 Å². The molecule has 0 aliphatic heterocycles. The van der Waals surface area contributed by atoms with Crippen LogP contribution in [0, 0.1) is 0 Å². The van der Waals surface area contributed by atoms with E-state index in [2.05, 4.69) is 57.3 Å². The number of hydrogen-bond acceptors (Lipinski definition) is 2. The van der Waals surface area contributed by atoms with Crippen LogP contribution in [0.4, 0.5) is 0 Å². The summed E-state index contributed by atoms with van der Waals surface area (Å²) >= 11 is 0. The monoisotopic (exact) mass is 277 g/mol.